The topological polar surface area (TPSA) is 78.9 Å². The number of anilines is 1. The van der Waals surface area contributed by atoms with Crippen LogP contribution in [0.2, 0.25) is 0 Å². The number of rotatable bonds is 3. The molecule has 0 saturated carbocycles. The van der Waals surface area contributed by atoms with E-state index in [4.69, 9.17) is 4.74 Å². The number of urea groups is 1. The summed E-state index contributed by atoms with van der Waals surface area (Å²) in [6.45, 7) is 1.90. The smallest absolute Gasteiger partial charge is 0.327 e. The van der Waals surface area contributed by atoms with Crippen molar-refractivity contribution in [3.05, 3.63) is 29.8 Å². The molecule has 2 N–H and O–H groups in total. The number of nitrogens with zero attached hydrogens (tertiary/aromatic N) is 1. The molecule has 0 aromatic heterocycles. The van der Waals surface area contributed by atoms with Crippen LogP contribution in [-0.4, -0.2) is 42.9 Å². The van der Waals surface area contributed by atoms with Gasteiger partial charge in [0, 0.05) is 31.2 Å². The van der Waals surface area contributed by atoms with Crippen LogP contribution in [0, 0.1) is 5.92 Å². The summed E-state index contributed by atoms with van der Waals surface area (Å²) in [7, 11) is 0. The van der Waals surface area contributed by atoms with Gasteiger partial charge >= 0.3 is 12.0 Å². The Labute approximate surface area is 122 Å². The van der Waals surface area contributed by atoms with Gasteiger partial charge < -0.3 is 15.2 Å². The first kappa shape index (κ1) is 13.9. The van der Waals surface area contributed by atoms with Crippen LogP contribution in [0.3, 0.4) is 0 Å². The third-order valence-corrected chi connectivity index (χ3v) is 4.05. The number of carbonyl (C=O) groups excluding carboxylic acids is 1. The summed E-state index contributed by atoms with van der Waals surface area (Å²) in [5, 5.41) is 12.2. The number of amides is 2. The van der Waals surface area contributed by atoms with Crippen molar-refractivity contribution in [2.45, 2.75) is 18.9 Å². The van der Waals surface area contributed by atoms with E-state index in [1.165, 1.54) is 4.90 Å². The Kier molecular flexibility index (Phi) is 3.79. The quantitative estimate of drug-likeness (QED) is 0.878. The summed E-state index contributed by atoms with van der Waals surface area (Å²) in [5.41, 5.74) is 1.58. The van der Waals surface area contributed by atoms with E-state index in [2.05, 4.69) is 5.32 Å². The summed E-state index contributed by atoms with van der Waals surface area (Å²) in [5.74, 6) is -0.666. The van der Waals surface area contributed by atoms with E-state index in [1.807, 2.05) is 18.2 Å². The van der Waals surface area contributed by atoms with Gasteiger partial charge in [-0.25, -0.2) is 9.59 Å². The van der Waals surface area contributed by atoms with Gasteiger partial charge in [-0.2, -0.15) is 0 Å². The third-order valence-electron chi connectivity index (χ3n) is 4.05. The molecule has 1 saturated heterocycles. The molecule has 2 aliphatic rings. The van der Waals surface area contributed by atoms with Crippen LogP contribution in [0.25, 0.3) is 0 Å². The fourth-order valence-corrected chi connectivity index (χ4v) is 2.90. The molecule has 1 aromatic carbocycles. The normalized spacial score (nSPS) is 23.9. The van der Waals surface area contributed by atoms with Gasteiger partial charge in [0.25, 0.3) is 0 Å². The summed E-state index contributed by atoms with van der Waals surface area (Å²) >= 11 is 0. The Hall–Kier alpha value is -2.08. The van der Waals surface area contributed by atoms with Crippen molar-refractivity contribution in [3.8, 4) is 0 Å². The number of fused-ring (bicyclic) bond motifs is 1. The maximum absolute atomic E-state index is 12.4. The Morgan fingerprint density at radius 1 is 1.38 bits per heavy atom. The molecule has 6 heteroatoms. The fraction of sp³-hybridized carbons (Fsp3) is 0.467. The number of ether oxygens (including phenoxy) is 1. The minimum atomic E-state index is -0.981. The number of hydrogen-bond acceptors (Lipinski definition) is 3. The lowest BCUT2D eigenvalue weighted by Gasteiger charge is -2.23. The van der Waals surface area contributed by atoms with E-state index in [1.54, 1.807) is 6.07 Å². The average Bonchev–Trinajstić information content (AvgIpc) is 3.11. The van der Waals surface area contributed by atoms with E-state index in [9.17, 15) is 14.7 Å². The van der Waals surface area contributed by atoms with Crippen LogP contribution in [-0.2, 0) is 16.0 Å². The maximum Gasteiger partial charge on any atom is 0.327 e. The fourth-order valence-electron chi connectivity index (χ4n) is 2.90. The zero-order valence-corrected chi connectivity index (χ0v) is 11.6. The highest BCUT2D eigenvalue weighted by atomic mass is 16.5. The van der Waals surface area contributed by atoms with Gasteiger partial charge in [0.15, 0.2) is 0 Å². The second kappa shape index (κ2) is 5.73. The molecule has 2 aliphatic heterocycles. The van der Waals surface area contributed by atoms with Crippen LogP contribution in [0.15, 0.2) is 24.3 Å². The van der Waals surface area contributed by atoms with E-state index < -0.39 is 12.0 Å². The van der Waals surface area contributed by atoms with Crippen molar-refractivity contribution < 1.29 is 19.4 Å². The van der Waals surface area contributed by atoms with Crippen molar-refractivity contribution in [2.24, 2.45) is 5.92 Å². The molecule has 1 unspecified atom stereocenters. The zero-order valence-electron chi connectivity index (χ0n) is 11.6. The van der Waals surface area contributed by atoms with Crippen molar-refractivity contribution in [2.75, 3.05) is 24.7 Å². The number of benzene rings is 1. The van der Waals surface area contributed by atoms with Crippen LogP contribution < -0.4 is 10.2 Å². The molecule has 1 aromatic rings. The lowest BCUT2D eigenvalue weighted by molar-refractivity contribution is -0.138. The Bertz CT molecular complexity index is 554. The predicted molar refractivity (Wildman–Crippen MR) is 76.4 cm³/mol. The first-order valence-electron chi connectivity index (χ1n) is 7.12. The highest BCUT2D eigenvalue weighted by molar-refractivity contribution is 6.01. The lowest BCUT2D eigenvalue weighted by atomic mass is 10.1. The molecule has 2 heterocycles. The molecule has 0 aliphatic carbocycles. The number of carboxylic acid groups (broad SMARTS) is 1. The monoisotopic (exact) mass is 290 g/mol. The number of hydrogen-bond donors (Lipinski definition) is 2. The first-order chi connectivity index (χ1) is 10.2. The molecule has 112 valence electrons. The Morgan fingerprint density at radius 2 is 2.19 bits per heavy atom. The van der Waals surface area contributed by atoms with Gasteiger partial charge in [0.1, 0.15) is 6.04 Å². The summed E-state index contributed by atoms with van der Waals surface area (Å²) in [6.07, 6.45) is 1.28. The van der Waals surface area contributed by atoms with Crippen molar-refractivity contribution in [1.29, 1.82) is 0 Å². The molecule has 2 atom stereocenters. The van der Waals surface area contributed by atoms with E-state index in [0.717, 1.165) is 18.6 Å². The molecule has 1 fully saturated rings. The third kappa shape index (κ3) is 2.71. The van der Waals surface area contributed by atoms with Gasteiger partial charge in [-0.3, -0.25) is 4.90 Å². The number of para-hydroxylation sites is 1. The average molecular weight is 290 g/mol. The summed E-state index contributed by atoms with van der Waals surface area (Å²) in [4.78, 5) is 25.1. The van der Waals surface area contributed by atoms with Crippen LogP contribution in [0.1, 0.15) is 12.0 Å². The van der Waals surface area contributed by atoms with E-state index in [0.29, 0.717) is 31.2 Å². The highest BCUT2D eigenvalue weighted by Crippen LogP contribution is 2.32. The minimum Gasteiger partial charge on any atom is -0.480 e. The molecular weight excluding hydrogens is 272 g/mol. The number of nitrogens with one attached hydrogen (secondary N) is 1. The first-order valence-corrected chi connectivity index (χ1v) is 7.12. The van der Waals surface area contributed by atoms with Gasteiger partial charge in [0.2, 0.25) is 0 Å². The van der Waals surface area contributed by atoms with Crippen LogP contribution in [0.4, 0.5) is 10.5 Å². The Balaban J connectivity index is 1.73. The van der Waals surface area contributed by atoms with E-state index >= 15 is 0 Å². The zero-order chi connectivity index (χ0) is 14.8. The standard InChI is InChI=1S/C15H18N2O4/c18-14(19)13-7-11-3-1-2-4-12(11)17(13)15(20)16-8-10-5-6-21-9-10/h1-4,10,13H,5-9H2,(H,16,20)(H,18,19)/t10?,13-/m0/s1. The minimum absolute atomic E-state index is 0.315. The second-order valence-corrected chi connectivity index (χ2v) is 5.47. The number of carbonyl (C=O) groups is 2. The van der Waals surface area contributed by atoms with Gasteiger partial charge in [-0.15, -0.1) is 0 Å². The van der Waals surface area contributed by atoms with Crippen LogP contribution in [0.5, 0.6) is 0 Å². The lowest BCUT2D eigenvalue weighted by Crippen LogP contribution is -2.49. The molecule has 6 nitrogen and oxygen atoms in total. The SMILES string of the molecule is O=C(O)[C@@H]1Cc2ccccc2N1C(=O)NCC1CCOC1. The van der Waals surface area contributed by atoms with Gasteiger partial charge in [-0.05, 0) is 18.1 Å². The summed E-state index contributed by atoms with van der Waals surface area (Å²) in [6, 6.07) is 6.14. The predicted octanol–water partition coefficient (Wildman–Crippen LogP) is 1.25. The highest BCUT2D eigenvalue weighted by Gasteiger charge is 2.38. The van der Waals surface area contributed by atoms with Gasteiger partial charge in [0.05, 0.1) is 6.61 Å². The van der Waals surface area contributed by atoms with Crippen LogP contribution >= 0.6 is 0 Å². The van der Waals surface area contributed by atoms with E-state index in [-0.39, 0.29) is 6.03 Å². The molecule has 0 radical (unpaired) electrons. The number of carboxylic acids is 1. The number of aliphatic carboxylic acids is 1. The molecule has 0 spiro atoms. The molecule has 0 bridgehead atoms. The summed E-state index contributed by atoms with van der Waals surface area (Å²) < 4.78 is 5.27. The molecular formula is C15H18N2O4. The molecule has 2 amide bonds. The van der Waals surface area contributed by atoms with Crippen molar-refractivity contribution in [3.63, 3.8) is 0 Å². The molecule has 3 rings (SSSR count). The largest absolute Gasteiger partial charge is 0.480 e. The van der Waals surface area contributed by atoms with Crippen molar-refractivity contribution in [1.82, 2.24) is 5.32 Å². The maximum atomic E-state index is 12.4. The second-order valence-electron chi connectivity index (χ2n) is 5.47. The molecule has 21 heavy (non-hydrogen) atoms. The Morgan fingerprint density at radius 3 is 2.90 bits per heavy atom. The van der Waals surface area contributed by atoms with Gasteiger partial charge in [-0.1, -0.05) is 18.2 Å². The van der Waals surface area contributed by atoms with Crippen molar-refractivity contribution >= 4 is 17.7 Å².